The van der Waals surface area contributed by atoms with Gasteiger partial charge in [0.1, 0.15) is 5.75 Å². The molecule has 0 spiro atoms. The van der Waals surface area contributed by atoms with Crippen molar-refractivity contribution in [3.8, 4) is 5.75 Å². The van der Waals surface area contributed by atoms with Crippen LogP contribution in [0.15, 0.2) is 52.3 Å². The van der Waals surface area contributed by atoms with Gasteiger partial charge in [0.25, 0.3) is 10.0 Å². The van der Waals surface area contributed by atoms with Gasteiger partial charge < -0.3 is 14.4 Å². The zero-order valence-corrected chi connectivity index (χ0v) is 19.7. The minimum absolute atomic E-state index is 0.00521. The highest BCUT2D eigenvalue weighted by atomic mass is 32.2. The summed E-state index contributed by atoms with van der Waals surface area (Å²) in [5.41, 5.74) is 0.637. The van der Waals surface area contributed by atoms with Crippen LogP contribution in [-0.4, -0.2) is 67.0 Å². The quantitative estimate of drug-likeness (QED) is 0.620. The summed E-state index contributed by atoms with van der Waals surface area (Å²) in [6, 6.07) is 10.0. The van der Waals surface area contributed by atoms with Crippen molar-refractivity contribution < 1.29 is 31.1 Å². The molecule has 4 rings (SSSR count). The third-order valence-electron chi connectivity index (χ3n) is 5.56. The molecule has 2 aromatic carbocycles. The number of amides is 1. The van der Waals surface area contributed by atoms with E-state index in [1.54, 1.807) is 17.0 Å². The second-order valence-corrected chi connectivity index (χ2v) is 11.2. The Hall–Kier alpha value is -2.67. The summed E-state index contributed by atoms with van der Waals surface area (Å²) in [6.07, 6.45) is 1.25. The van der Waals surface area contributed by atoms with Crippen LogP contribution in [0.2, 0.25) is 0 Å². The predicted molar refractivity (Wildman–Crippen MR) is 121 cm³/mol. The van der Waals surface area contributed by atoms with Crippen LogP contribution < -0.4 is 14.4 Å². The van der Waals surface area contributed by atoms with Crippen LogP contribution in [0, 0.1) is 0 Å². The molecule has 2 aliphatic heterocycles. The molecule has 0 bridgehead atoms. The lowest BCUT2D eigenvalue weighted by atomic mass is 10.3. The fourth-order valence-electron chi connectivity index (χ4n) is 3.79. The summed E-state index contributed by atoms with van der Waals surface area (Å²) >= 11 is 0. The molecular weight excluding hydrogens is 470 g/mol. The molecule has 0 radical (unpaired) electrons. The van der Waals surface area contributed by atoms with Crippen molar-refractivity contribution in [2.45, 2.75) is 22.6 Å². The first-order chi connectivity index (χ1) is 15.7. The van der Waals surface area contributed by atoms with Crippen molar-refractivity contribution in [2.24, 2.45) is 0 Å². The van der Waals surface area contributed by atoms with E-state index in [0.717, 1.165) is 6.42 Å². The average Bonchev–Trinajstić information content (AvgIpc) is 3.25. The number of sulfonamides is 2. The first-order valence-electron chi connectivity index (χ1n) is 10.4. The lowest BCUT2D eigenvalue weighted by Gasteiger charge is -2.26. The van der Waals surface area contributed by atoms with Crippen LogP contribution in [-0.2, 0) is 29.6 Å². The van der Waals surface area contributed by atoms with Crippen molar-refractivity contribution >= 4 is 37.3 Å². The molecule has 0 aliphatic carbocycles. The van der Waals surface area contributed by atoms with Gasteiger partial charge in [0.05, 0.1) is 35.8 Å². The normalized spacial score (nSPS) is 17.8. The molecule has 0 aromatic heterocycles. The van der Waals surface area contributed by atoms with E-state index >= 15 is 0 Å². The lowest BCUT2D eigenvalue weighted by Crippen LogP contribution is -2.40. The second kappa shape index (κ2) is 9.29. The molecule has 33 heavy (non-hydrogen) atoms. The van der Waals surface area contributed by atoms with Gasteiger partial charge in [-0.2, -0.15) is 4.31 Å². The number of nitrogens with zero attached hydrogens (tertiary/aromatic N) is 2. The molecule has 0 saturated carbocycles. The number of carbonyl (C=O) groups excluding carboxylic acids is 1. The SMILES string of the molecule is COc1ccc(S(=O)(=O)N2CCOCC2)cc1NS(=O)(=O)c1ccc(N2CCCC2=O)cc1. The molecule has 1 N–H and O–H groups in total. The molecule has 1 amide bonds. The van der Waals surface area contributed by atoms with Crippen LogP contribution in [0.4, 0.5) is 11.4 Å². The molecule has 0 atom stereocenters. The van der Waals surface area contributed by atoms with Gasteiger partial charge in [-0.25, -0.2) is 16.8 Å². The average molecular weight is 496 g/mol. The first-order valence-corrected chi connectivity index (χ1v) is 13.3. The molecule has 2 aliphatic rings. The topological polar surface area (TPSA) is 122 Å². The number of morpholine rings is 1. The van der Waals surface area contributed by atoms with E-state index in [9.17, 15) is 21.6 Å². The van der Waals surface area contributed by atoms with Gasteiger partial charge in [0.2, 0.25) is 15.9 Å². The van der Waals surface area contributed by atoms with Crippen LogP contribution >= 0.6 is 0 Å². The number of nitrogens with one attached hydrogen (secondary N) is 1. The molecule has 2 heterocycles. The number of ether oxygens (including phenoxy) is 2. The Morgan fingerprint density at radius 2 is 1.61 bits per heavy atom. The molecule has 178 valence electrons. The van der Waals surface area contributed by atoms with Crippen LogP contribution in [0.25, 0.3) is 0 Å². The Balaban J connectivity index is 1.60. The van der Waals surface area contributed by atoms with Gasteiger partial charge in [0, 0.05) is 31.7 Å². The zero-order valence-electron chi connectivity index (χ0n) is 18.1. The zero-order chi connectivity index (χ0) is 23.6. The summed E-state index contributed by atoms with van der Waals surface area (Å²) in [4.78, 5) is 13.5. The summed E-state index contributed by atoms with van der Waals surface area (Å²) in [5.74, 6) is 0.186. The van der Waals surface area contributed by atoms with E-state index in [2.05, 4.69) is 4.72 Å². The Morgan fingerprint density at radius 3 is 2.21 bits per heavy atom. The third kappa shape index (κ3) is 4.83. The van der Waals surface area contributed by atoms with Crippen molar-refractivity contribution in [1.82, 2.24) is 4.31 Å². The maximum atomic E-state index is 13.0. The smallest absolute Gasteiger partial charge is 0.262 e. The minimum atomic E-state index is -4.05. The Bertz CT molecular complexity index is 1240. The fraction of sp³-hybridized carbons (Fsp3) is 0.381. The van der Waals surface area contributed by atoms with E-state index in [-0.39, 0.29) is 40.2 Å². The maximum absolute atomic E-state index is 13.0. The van der Waals surface area contributed by atoms with Gasteiger partial charge in [-0.3, -0.25) is 9.52 Å². The van der Waals surface area contributed by atoms with Gasteiger partial charge in [0.15, 0.2) is 0 Å². The molecule has 0 unspecified atom stereocenters. The van der Waals surface area contributed by atoms with Crippen molar-refractivity contribution in [3.63, 3.8) is 0 Å². The number of hydrogen-bond donors (Lipinski definition) is 1. The van der Waals surface area contributed by atoms with E-state index in [1.165, 1.54) is 41.7 Å². The number of rotatable bonds is 7. The first kappa shape index (κ1) is 23.5. The number of methoxy groups -OCH3 is 1. The summed E-state index contributed by atoms with van der Waals surface area (Å²) in [5, 5.41) is 0. The van der Waals surface area contributed by atoms with E-state index in [4.69, 9.17) is 9.47 Å². The lowest BCUT2D eigenvalue weighted by molar-refractivity contribution is -0.117. The number of hydrogen-bond acceptors (Lipinski definition) is 7. The minimum Gasteiger partial charge on any atom is -0.495 e. The van der Waals surface area contributed by atoms with E-state index in [0.29, 0.717) is 31.9 Å². The standard InChI is InChI=1S/C21H25N3O7S2/c1-30-20-9-8-18(33(28,29)23-11-13-31-14-12-23)15-19(20)22-32(26,27)17-6-4-16(5-7-17)24-10-2-3-21(24)25/h4-9,15,22H,2-3,10-14H2,1H3. The van der Waals surface area contributed by atoms with E-state index < -0.39 is 20.0 Å². The highest BCUT2D eigenvalue weighted by Gasteiger charge is 2.28. The Kier molecular flexibility index (Phi) is 6.61. The van der Waals surface area contributed by atoms with Gasteiger partial charge >= 0.3 is 0 Å². The van der Waals surface area contributed by atoms with Crippen LogP contribution in [0.5, 0.6) is 5.75 Å². The predicted octanol–water partition coefficient (Wildman–Crippen LogP) is 1.64. The number of carbonyl (C=O) groups is 1. The summed E-state index contributed by atoms with van der Waals surface area (Å²) in [7, 11) is -6.51. The highest BCUT2D eigenvalue weighted by Crippen LogP contribution is 2.31. The van der Waals surface area contributed by atoms with Crippen LogP contribution in [0.1, 0.15) is 12.8 Å². The van der Waals surface area contributed by atoms with Gasteiger partial charge in [-0.1, -0.05) is 0 Å². The molecule has 2 aromatic rings. The highest BCUT2D eigenvalue weighted by molar-refractivity contribution is 7.92. The van der Waals surface area contributed by atoms with E-state index in [1.807, 2.05) is 0 Å². The third-order valence-corrected chi connectivity index (χ3v) is 8.83. The summed E-state index contributed by atoms with van der Waals surface area (Å²) < 4.78 is 66.2. The molecular formula is C21H25N3O7S2. The molecule has 2 saturated heterocycles. The number of benzene rings is 2. The molecule has 12 heteroatoms. The number of anilines is 2. The Labute approximate surface area is 193 Å². The Morgan fingerprint density at radius 1 is 0.939 bits per heavy atom. The summed E-state index contributed by atoms with van der Waals surface area (Å²) in [6.45, 7) is 1.65. The monoisotopic (exact) mass is 495 g/mol. The molecule has 2 fully saturated rings. The van der Waals surface area contributed by atoms with Crippen molar-refractivity contribution in [1.29, 1.82) is 0 Å². The van der Waals surface area contributed by atoms with Gasteiger partial charge in [-0.15, -0.1) is 0 Å². The fourth-order valence-corrected chi connectivity index (χ4v) is 6.29. The largest absolute Gasteiger partial charge is 0.495 e. The van der Waals surface area contributed by atoms with Gasteiger partial charge in [-0.05, 0) is 48.9 Å². The van der Waals surface area contributed by atoms with Crippen LogP contribution in [0.3, 0.4) is 0 Å². The van der Waals surface area contributed by atoms with Crippen molar-refractivity contribution in [2.75, 3.05) is 49.6 Å². The maximum Gasteiger partial charge on any atom is 0.262 e. The molecule has 10 nitrogen and oxygen atoms in total. The van der Waals surface area contributed by atoms with Crippen molar-refractivity contribution in [3.05, 3.63) is 42.5 Å². The second-order valence-electron chi connectivity index (χ2n) is 7.63.